The maximum atomic E-state index is 6.02. The summed E-state index contributed by atoms with van der Waals surface area (Å²) >= 11 is 0. The molecule has 1 heterocycles. The van der Waals surface area contributed by atoms with E-state index in [2.05, 4.69) is 0 Å². The summed E-state index contributed by atoms with van der Waals surface area (Å²) in [5.74, 6) is 1.30. The lowest BCUT2D eigenvalue weighted by atomic mass is 9.84. The molecule has 0 amide bonds. The van der Waals surface area contributed by atoms with Gasteiger partial charge in [-0.3, -0.25) is 0 Å². The molecule has 0 bridgehead atoms. The second kappa shape index (κ2) is 3.44. The Labute approximate surface area is 97.7 Å². The first-order valence-electron chi connectivity index (χ1n) is 6.52. The van der Waals surface area contributed by atoms with Crippen molar-refractivity contribution in [2.45, 2.75) is 51.4 Å². The summed E-state index contributed by atoms with van der Waals surface area (Å²) in [5, 5.41) is 0. The van der Waals surface area contributed by atoms with Gasteiger partial charge >= 0.3 is 0 Å². The first-order valence-corrected chi connectivity index (χ1v) is 6.52. The highest BCUT2D eigenvalue weighted by molar-refractivity contribution is 5.01. The number of rotatable bonds is 0. The first-order chi connectivity index (χ1) is 7.48. The smallest absolute Gasteiger partial charge is 0.162 e. The van der Waals surface area contributed by atoms with Crippen molar-refractivity contribution in [1.29, 1.82) is 0 Å². The molecule has 3 rings (SSSR count). The molecule has 0 aromatic rings. The van der Waals surface area contributed by atoms with Gasteiger partial charge in [-0.2, -0.15) is 0 Å². The Hall–Kier alpha value is -0.120. The van der Waals surface area contributed by atoms with Crippen LogP contribution in [0.15, 0.2) is 0 Å². The van der Waals surface area contributed by atoms with Crippen LogP contribution in [0.1, 0.15) is 39.5 Å². The minimum atomic E-state index is -0.376. The van der Waals surface area contributed by atoms with Crippen molar-refractivity contribution < 1.29 is 9.47 Å². The molecule has 2 N–H and O–H groups in total. The van der Waals surface area contributed by atoms with Crippen molar-refractivity contribution in [2.24, 2.45) is 23.0 Å². The molecular weight excluding hydrogens is 202 g/mol. The topological polar surface area (TPSA) is 44.5 Å². The van der Waals surface area contributed by atoms with Gasteiger partial charge in [0.2, 0.25) is 0 Å². The lowest BCUT2D eigenvalue weighted by molar-refractivity contribution is -0.285. The number of hydrogen-bond donors (Lipinski definition) is 1. The second-order valence-corrected chi connectivity index (χ2v) is 6.64. The summed E-state index contributed by atoms with van der Waals surface area (Å²) in [4.78, 5) is 0. The molecule has 92 valence electrons. The molecule has 3 heteroatoms. The van der Waals surface area contributed by atoms with Gasteiger partial charge in [-0.25, -0.2) is 0 Å². The van der Waals surface area contributed by atoms with E-state index in [-0.39, 0.29) is 5.79 Å². The molecule has 2 aliphatic carbocycles. The molecular formula is C13H23NO2. The van der Waals surface area contributed by atoms with Crippen LogP contribution in [0.2, 0.25) is 0 Å². The van der Waals surface area contributed by atoms with Crippen LogP contribution in [-0.2, 0) is 9.47 Å². The fourth-order valence-corrected chi connectivity index (χ4v) is 3.93. The highest BCUT2D eigenvalue weighted by atomic mass is 16.7. The van der Waals surface area contributed by atoms with Crippen LogP contribution in [0.3, 0.4) is 0 Å². The van der Waals surface area contributed by atoms with E-state index in [1.54, 1.807) is 0 Å². The van der Waals surface area contributed by atoms with Crippen LogP contribution in [0, 0.1) is 17.3 Å². The maximum Gasteiger partial charge on any atom is 0.162 e. The zero-order chi connectivity index (χ0) is 11.4. The highest BCUT2D eigenvalue weighted by Crippen LogP contribution is 2.54. The van der Waals surface area contributed by atoms with E-state index < -0.39 is 0 Å². The molecule has 2 saturated carbocycles. The SMILES string of the molecule is CC1(C)OCC2(CO1)C[C@H]1CC(N)C[C@@H]1C2. The van der Waals surface area contributed by atoms with Crippen LogP contribution in [0.5, 0.6) is 0 Å². The van der Waals surface area contributed by atoms with E-state index in [9.17, 15) is 0 Å². The third-order valence-electron chi connectivity index (χ3n) is 4.72. The van der Waals surface area contributed by atoms with Gasteiger partial charge in [0.1, 0.15) is 0 Å². The summed E-state index contributed by atoms with van der Waals surface area (Å²) in [5.41, 5.74) is 6.33. The Bertz CT molecular complexity index is 264. The fraction of sp³-hybridized carbons (Fsp3) is 1.00. The van der Waals surface area contributed by atoms with Gasteiger partial charge in [0.05, 0.1) is 13.2 Å². The molecule has 1 saturated heterocycles. The minimum absolute atomic E-state index is 0.311. The average molecular weight is 225 g/mol. The average Bonchev–Trinajstić information content (AvgIpc) is 2.66. The number of fused-ring (bicyclic) bond motifs is 1. The van der Waals surface area contributed by atoms with Crippen molar-refractivity contribution >= 4 is 0 Å². The molecule has 1 spiro atoms. The van der Waals surface area contributed by atoms with E-state index in [1.807, 2.05) is 13.8 Å². The van der Waals surface area contributed by atoms with Gasteiger partial charge in [-0.05, 0) is 51.4 Å². The van der Waals surface area contributed by atoms with E-state index in [0.717, 1.165) is 25.0 Å². The number of ether oxygens (including phenoxy) is 2. The standard InChI is InChI=1S/C13H23NO2/c1-12(2)15-7-13(8-16-12)5-9-3-11(14)4-10(9)6-13/h9-11H,3-8,14H2,1-2H3/t9-,10-/m1/s1. The Balaban J connectivity index is 1.66. The first kappa shape index (κ1) is 11.0. The predicted molar refractivity (Wildman–Crippen MR) is 61.8 cm³/mol. The molecule has 2 atom stereocenters. The molecule has 3 aliphatic rings. The molecule has 0 aromatic heterocycles. The van der Waals surface area contributed by atoms with Gasteiger partial charge in [-0.1, -0.05) is 0 Å². The van der Waals surface area contributed by atoms with Gasteiger partial charge in [0, 0.05) is 11.5 Å². The molecule has 16 heavy (non-hydrogen) atoms. The van der Waals surface area contributed by atoms with Gasteiger partial charge in [-0.15, -0.1) is 0 Å². The number of nitrogens with two attached hydrogens (primary N) is 1. The van der Waals surface area contributed by atoms with Crippen LogP contribution in [0.25, 0.3) is 0 Å². The zero-order valence-electron chi connectivity index (χ0n) is 10.4. The van der Waals surface area contributed by atoms with E-state index in [0.29, 0.717) is 11.5 Å². The Kier molecular flexibility index (Phi) is 2.36. The van der Waals surface area contributed by atoms with Gasteiger partial charge < -0.3 is 15.2 Å². The third kappa shape index (κ3) is 1.79. The summed E-state index contributed by atoms with van der Waals surface area (Å²) in [6.45, 7) is 5.77. The van der Waals surface area contributed by atoms with Crippen LogP contribution in [-0.4, -0.2) is 25.0 Å². The molecule has 1 aliphatic heterocycles. The molecule has 3 fully saturated rings. The fourth-order valence-electron chi connectivity index (χ4n) is 3.93. The Morgan fingerprint density at radius 3 is 2.00 bits per heavy atom. The molecule has 3 nitrogen and oxygen atoms in total. The lowest BCUT2D eigenvalue weighted by Gasteiger charge is -2.42. The zero-order valence-corrected chi connectivity index (χ0v) is 10.4. The Morgan fingerprint density at radius 2 is 1.50 bits per heavy atom. The monoisotopic (exact) mass is 225 g/mol. The van der Waals surface area contributed by atoms with Gasteiger partial charge in [0.25, 0.3) is 0 Å². The summed E-state index contributed by atoms with van der Waals surface area (Å²) in [7, 11) is 0. The van der Waals surface area contributed by atoms with Crippen molar-refractivity contribution in [3.05, 3.63) is 0 Å². The number of hydrogen-bond acceptors (Lipinski definition) is 3. The van der Waals surface area contributed by atoms with Gasteiger partial charge in [0.15, 0.2) is 5.79 Å². The minimum Gasteiger partial charge on any atom is -0.350 e. The van der Waals surface area contributed by atoms with E-state index in [4.69, 9.17) is 15.2 Å². The quantitative estimate of drug-likeness (QED) is 0.685. The van der Waals surface area contributed by atoms with Crippen molar-refractivity contribution in [2.75, 3.05) is 13.2 Å². The predicted octanol–water partition coefficient (Wildman–Crippen LogP) is 1.90. The molecule has 0 aromatic carbocycles. The summed E-state index contributed by atoms with van der Waals surface area (Å²) in [6.07, 6.45) is 4.97. The summed E-state index contributed by atoms with van der Waals surface area (Å²) < 4.78 is 11.7. The largest absolute Gasteiger partial charge is 0.350 e. The summed E-state index contributed by atoms with van der Waals surface area (Å²) in [6, 6.07) is 0.453. The van der Waals surface area contributed by atoms with Crippen molar-refractivity contribution in [1.82, 2.24) is 0 Å². The van der Waals surface area contributed by atoms with E-state index >= 15 is 0 Å². The van der Waals surface area contributed by atoms with E-state index in [1.165, 1.54) is 25.7 Å². The van der Waals surface area contributed by atoms with Crippen molar-refractivity contribution in [3.63, 3.8) is 0 Å². The van der Waals surface area contributed by atoms with Crippen LogP contribution < -0.4 is 5.73 Å². The third-order valence-corrected chi connectivity index (χ3v) is 4.72. The Morgan fingerprint density at radius 1 is 1.00 bits per heavy atom. The molecule has 0 radical (unpaired) electrons. The maximum absolute atomic E-state index is 6.02. The molecule has 0 unspecified atom stereocenters. The highest BCUT2D eigenvalue weighted by Gasteiger charge is 2.51. The van der Waals surface area contributed by atoms with Crippen LogP contribution >= 0.6 is 0 Å². The van der Waals surface area contributed by atoms with Crippen LogP contribution in [0.4, 0.5) is 0 Å². The second-order valence-electron chi connectivity index (χ2n) is 6.64. The normalized spacial score (nSPS) is 41.4. The van der Waals surface area contributed by atoms with Crippen molar-refractivity contribution in [3.8, 4) is 0 Å². The lowest BCUT2D eigenvalue weighted by Crippen LogP contribution is -2.45.